The van der Waals surface area contributed by atoms with Crippen LogP contribution >= 0.6 is 12.4 Å². The Balaban J connectivity index is 0. The second-order valence-electron chi connectivity index (χ2n) is 2.11. The van der Waals surface area contributed by atoms with E-state index in [1.165, 1.54) is 0 Å². The standard InChI is InChI=1S/C7H17NO3.ClH/c1-4-10-7(9,6-8-3)11-5-2;/h8-9H,4-6H2,1-3H3;1H. The molecule has 0 aromatic heterocycles. The third-order valence-electron chi connectivity index (χ3n) is 1.14. The van der Waals surface area contributed by atoms with Crippen molar-refractivity contribution in [2.45, 2.75) is 19.8 Å². The Hall–Kier alpha value is 0.130. The van der Waals surface area contributed by atoms with Gasteiger partial charge in [0.25, 0.3) is 5.97 Å². The van der Waals surface area contributed by atoms with Gasteiger partial charge in [0.2, 0.25) is 0 Å². The van der Waals surface area contributed by atoms with Crippen LogP contribution in [0.5, 0.6) is 0 Å². The van der Waals surface area contributed by atoms with Gasteiger partial charge >= 0.3 is 0 Å². The fourth-order valence-corrected chi connectivity index (χ4v) is 0.818. The minimum atomic E-state index is -1.46. The lowest BCUT2D eigenvalue weighted by Gasteiger charge is -2.26. The number of halogens is 1. The van der Waals surface area contributed by atoms with Crippen molar-refractivity contribution < 1.29 is 14.6 Å². The molecular weight excluding hydrogens is 182 g/mol. The summed E-state index contributed by atoms with van der Waals surface area (Å²) in [5, 5.41) is 12.3. The summed E-state index contributed by atoms with van der Waals surface area (Å²) in [6, 6.07) is 0. The molecule has 0 aliphatic carbocycles. The number of hydrogen-bond acceptors (Lipinski definition) is 4. The average molecular weight is 200 g/mol. The highest BCUT2D eigenvalue weighted by Gasteiger charge is 2.26. The molecule has 0 saturated heterocycles. The lowest BCUT2D eigenvalue weighted by molar-refractivity contribution is -0.352. The first-order chi connectivity index (χ1) is 5.18. The summed E-state index contributed by atoms with van der Waals surface area (Å²) in [6.07, 6.45) is 0. The Labute approximate surface area is 79.7 Å². The predicted molar refractivity (Wildman–Crippen MR) is 49.4 cm³/mol. The Bertz CT molecular complexity index is 85.6. The number of hydrogen-bond donors (Lipinski definition) is 2. The number of nitrogens with one attached hydrogen (secondary N) is 1. The molecule has 0 aliphatic rings. The number of likely N-dealkylation sites (N-methyl/N-ethyl adjacent to an activating group) is 1. The maximum absolute atomic E-state index is 9.50. The van der Waals surface area contributed by atoms with Crippen LogP contribution in [0, 0.1) is 0 Å². The molecule has 0 amide bonds. The molecule has 76 valence electrons. The monoisotopic (exact) mass is 199 g/mol. The molecule has 0 fully saturated rings. The SMILES string of the molecule is CCOC(O)(CNC)OCC.Cl. The highest BCUT2D eigenvalue weighted by Crippen LogP contribution is 2.06. The van der Waals surface area contributed by atoms with Gasteiger partial charge < -0.3 is 19.9 Å². The fraction of sp³-hybridized carbons (Fsp3) is 1.00. The summed E-state index contributed by atoms with van der Waals surface area (Å²) in [7, 11) is 1.73. The highest BCUT2D eigenvalue weighted by atomic mass is 35.5. The topological polar surface area (TPSA) is 50.7 Å². The predicted octanol–water partition coefficient (Wildman–Crippen LogP) is 0.347. The third-order valence-corrected chi connectivity index (χ3v) is 1.14. The van der Waals surface area contributed by atoms with Crippen molar-refractivity contribution in [3.8, 4) is 0 Å². The first-order valence-corrected chi connectivity index (χ1v) is 3.83. The van der Waals surface area contributed by atoms with Crippen molar-refractivity contribution in [2.24, 2.45) is 0 Å². The Kier molecular flexibility index (Phi) is 9.47. The molecule has 0 rings (SSSR count). The van der Waals surface area contributed by atoms with Crippen LogP contribution in [0.4, 0.5) is 0 Å². The van der Waals surface area contributed by atoms with Gasteiger partial charge in [0, 0.05) is 13.2 Å². The normalized spacial score (nSPS) is 11.0. The lowest BCUT2D eigenvalue weighted by Crippen LogP contribution is -2.44. The Morgan fingerprint density at radius 1 is 1.25 bits per heavy atom. The molecule has 0 aromatic carbocycles. The summed E-state index contributed by atoms with van der Waals surface area (Å²) >= 11 is 0. The smallest absolute Gasteiger partial charge is 0.293 e. The molecule has 12 heavy (non-hydrogen) atoms. The van der Waals surface area contributed by atoms with E-state index in [2.05, 4.69) is 5.32 Å². The largest absolute Gasteiger partial charge is 0.342 e. The maximum Gasteiger partial charge on any atom is 0.293 e. The molecule has 0 unspecified atom stereocenters. The van der Waals surface area contributed by atoms with E-state index in [1.54, 1.807) is 20.9 Å². The summed E-state index contributed by atoms with van der Waals surface area (Å²) < 4.78 is 9.96. The van der Waals surface area contributed by atoms with E-state index in [0.717, 1.165) is 0 Å². The van der Waals surface area contributed by atoms with E-state index in [4.69, 9.17) is 9.47 Å². The number of ether oxygens (including phenoxy) is 2. The highest BCUT2D eigenvalue weighted by molar-refractivity contribution is 5.85. The van der Waals surface area contributed by atoms with Crippen LogP contribution in [0.3, 0.4) is 0 Å². The molecule has 2 N–H and O–H groups in total. The summed E-state index contributed by atoms with van der Waals surface area (Å²) in [6.45, 7) is 4.74. The fourth-order valence-electron chi connectivity index (χ4n) is 0.818. The van der Waals surface area contributed by atoms with Crippen LogP contribution in [0.15, 0.2) is 0 Å². The third kappa shape index (κ3) is 5.74. The van der Waals surface area contributed by atoms with E-state index in [-0.39, 0.29) is 19.0 Å². The molecule has 0 aliphatic heterocycles. The molecule has 0 heterocycles. The van der Waals surface area contributed by atoms with Gasteiger partial charge in [-0.3, -0.25) is 0 Å². The van der Waals surface area contributed by atoms with Crippen molar-refractivity contribution >= 4 is 12.4 Å². The van der Waals surface area contributed by atoms with Crippen molar-refractivity contribution in [3.63, 3.8) is 0 Å². The summed E-state index contributed by atoms with van der Waals surface area (Å²) in [4.78, 5) is 0. The zero-order valence-electron chi connectivity index (χ0n) is 7.79. The quantitative estimate of drug-likeness (QED) is 0.606. The van der Waals surface area contributed by atoms with Crippen LogP contribution in [0.25, 0.3) is 0 Å². The molecule has 5 heteroatoms. The first kappa shape index (κ1) is 14.6. The van der Waals surface area contributed by atoms with E-state index >= 15 is 0 Å². The van der Waals surface area contributed by atoms with Gasteiger partial charge in [0.05, 0.1) is 6.54 Å². The van der Waals surface area contributed by atoms with E-state index < -0.39 is 5.97 Å². The van der Waals surface area contributed by atoms with Crippen LogP contribution in [0.2, 0.25) is 0 Å². The Morgan fingerprint density at radius 3 is 1.92 bits per heavy atom. The number of aliphatic hydroxyl groups is 1. The van der Waals surface area contributed by atoms with Gasteiger partial charge in [0.15, 0.2) is 0 Å². The van der Waals surface area contributed by atoms with Crippen LogP contribution in [0.1, 0.15) is 13.8 Å². The van der Waals surface area contributed by atoms with Crippen molar-refractivity contribution in [1.82, 2.24) is 5.32 Å². The second-order valence-corrected chi connectivity index (χ2v) is 2.11. The zero-order valence-corrected chi connectivity index (χ0v) is 8.61. The van der Waals surface area contributed by atoms with Gasteiger partial charge in [-0.05, 0) is 20.9 Å². The maximum atomic E-state index is 9.50. The van der Waals surface area contributed by atoms with Crippen molar-refractivity contribution in [2.75, 3.05) is 26.8 Å². The van der Waals surface area contributed by atoms with E-state index in [1.807, 2.05) is 0 Å². The minimum absolute atomic E-state index is 0. The average Bonchev–Trinajstić information content (AvgIpc) is 1.88. The van der Waals surface area contributed by atoms with E-state index in [9.17, 15) is 5.11 Å². The molecule has 4 nitrogen and oxygen atoms in total. The lowest BCUT2D eigenvalue weighted by atomic mass is 10.5. The minimum Gasteiger partial charge on any atom is -0.342 e. The molecule has 0 saturated carbocycles. The van der Waals surface area contributed by atoms with Crippen LogP contribution in [-0.4, -0.2) is 37.9 Å². The van der Waals surface area contributed by atoms with Crippen molar-refractivity contribution in [1.29, 1.82) is 0 Å². The molecule has 0 atom stereocenters. The van der Waals surface area contributed by atoms with Crippen LogP contribution < -0.4 is 5.32 Å². The summed E-state index contributed by atoms with van der Waals surface area (Å²) in [5.74, 6) is -1.46. The van der Waals surface area contributed by atoms with Gasteiger partial charge in [-0.25, -0.2) is 0 Å². The van der Waals surface area contributed by atoms with Crippen LogP contribution in [-0.2, 0) is 9.47 Å². The molecule has 0 aromatic rings. The molecule has 0 bridgehead atoms. The van der Waals surface area contributed by atoms with Gasteiger partial charge in [-0.15, -0.1) is 12.4 Å². The summed E-state index contributed by atoms with van der Waals surface area (Å²) in [5.41, 5.74) is 0. The molecular formula is C7H18ClNO3. The zero-order chi connectivity index (χ0) is 8.74. The van der Waals surface area contributed by atoms with Crippen molar-refractivity contribution in [3.05, 3.63) is 0 Å². The van der Waals surface area contributed by atoms with E-state index in [0.29, 0.717) is 13.2 Å². The number of rotatable bonds is 6. The van der Waals surface area contributed by atoms with Gasteiger partial charge in [-0.1, -0.05) is 0 Å². The molecule has 0 spiro atoms. The van der Waals surface area contributed by atoms with Gasteiger partial charge in [-0.2, -0.15) is 0 Å². The second kappa shape index (κ2) is 7.76. The first-order valence-electron chi connectivity index (χ1n) is 3.83. The van der Waals surface area contributed by atoms with Gasteiger partial charge in [0.1, 0.15) is 0 Å². The Morgan fingerprint density at radius 2 is 1.67 bits per heavy atom. The molecule has 0 radical (unpaired) electrons.